The minimum atomic E-state index is -2.36. The van der Waals surface area contributed by atoms with E-state index in [0.717, 1.165) is 245 Å². The van der Waals surface area contributed by atoms with Crippen LogP contribution in [-0.4, -0.2) is 90.3 Å². The molecule has 6 heterocycles. The number of ether oxygens (including phenoxy) is 9. The zero-order valence-corrected chi connectivity index (χ0v) is 65.6. The van der Waals surface area contributed by atoms with Crippen LogP contribution in [0.15, 0.2) is 18.2 Å². The molecule has 9 unspecified atom stereocenters. The van der Waals surface area contributed by atoms with Gasteiger partial charge >= 0.3 is 53.7 Å². The Labute approximate surface area is 670 Å². The highest BCUT2D eigenvalue weighted by atomic mass is 16.6. The quantitative estimate of drug-likeness (QED) is 0.0305. The molecule has 21 aromatic rings. The fourth-order valence-electron chi connectivity index (χ4n) is 35.3. The predicted molar refractivity (Wildman–Crippen MR) is 439 cm³/mol. The Hall–Kier alpha value is -12.6. The summed E-state index contributed by atoms with van der Waals surface area (Å²) in [7, 11) is 0. The Morgan fingerprint density at radius 2 is 0.442 bits per heavy atom. The SMILES string of the molecule is CC(C)(C)OC(=O)CCCOC(=O)C12C(=O)OCc3cc4cc(c3)COC(=O)C3(C(=O)OCCCC(=O)OC(C)(C)C)C56c7c8c9c%10c%11c7-c7c%12c%13c%14c%15c%16c%17c(c-%10c%10c%18c%19c%20c%21c%22c(c-8c5c5c8c%23c%24c(c7C%2336)c%13c3c%14c6c%16c7c(c%18%17)c%19c%13c%21c%14c(c5%22)c8c5c%24c3c3c6c7c%13c%14c53)C%203C(C(=O)OCCCC(=O)OC(C)(C)C)(C(=O)OC4)C9%103)C%151C%11%122. The van der Waals surface area contributed by atoms with Gasteiger partial charge in [-0.2, -0.15) is 0 Å². The van der Waals surface area contributed by atoms with Crippen LogP contribution in [0.2, 0.25) is 0 Å². The van der Waals surface area contributed by atoms with Gasteiger partial charge in [-0.3, -0.25) is 43.2 Å². The van der Waals surface area contributed by atoms with Crippen LogP contribution in [0.25, 0.3) is 227 Å². The number of carbonyl (C=O) groups is 9. The molecule has 15 aliphatic carbocycles. The number of carbonyl (C=O) groups excluding carboxylic acids is 9. The van der Waals surface area contributed by atoms with Crippen LogP contribution in [0.5, 0.6) is 0 Å². The number of esters is 9. The molecule has 27 bridgehead atoms. The van der Waals surface area contributed by atoms with Gasteiger partial charge in [0.25, 0.3) is 0 Å². The van der Waals surface area contributed by atoms with E-state index < -0.39 is 139 Å². The molecule has 6 aliphatic heterocycles. The third kappa shape index (κ3) is 4.04. The van der Waals surface area contributed by atoms with Crippen molar-refractivity contribution in [2.24, 2.45) is 16.2 Å². The number of rotatable bonds is 15. The van der Waals surface area contributed by atoms with Gasteiger partial charge in [0.05, 0.1) is 52.3 Å². The van der Waals surface area contributed by atoms with E-state index >= 15 is 28.8 Å². The first-order valence-electron chi connectivity index (χ1n) is 42.9. The minimum absolute atomic E-state index is 0.0605. The second kappa shape index (κ2) is 14.9. The molecule has 21 aliphatic rings. The summed E-state index contributed by atoms with van der Waals surface area (Å²) in [4.78, 5) is 153. The van der Waals surface area contributed by atoms with E-state index in [9.17, 15) is 14.4 Å². The van der Waals surface area contributed by atoms with Gasteiger partial charge in [-0.1, -0.05) is 0 Å². The summed E-state index contributed by atoms with van der Waals surface area (Å²) in [5.41, 5.74) is -5.17. The van der Waals surface area contributed by atoms with Crippen molar-refractivity contribution >= 4 is 248 Å². The topological polar surface area (TPSA) is 237 Å². The molecule has 0 amide bonds. The van der Waals surface area contributed by atoms with E-state index in [1.165, 1.54) is 32.3 Å². The van der Waals surface area contributed by atoms with Gasteiger partial charge in [-0.15, -0.1) is 0 Å². The lowest BCUT2D eigenvalue weighted by atomic mass is 9.65. The summed E-state index contributed by atoms with van der Waals surface area (Å²) in [6.45, 7) is 14.2. The smallest absolute Gasteiger partial charge is 0.326 e. The van der Waals surface area contributed by atoms with E-state index in [1.54, 1.807) is 18.2 Å². The zero-order chi connectivity index (χ0) is 79.1. The Kier molecular flexibility index (Phi) is 7.36. The summed E-state index contributed by atoms with van der Waals surface area (Å²) in [6.07, 6.45) is -0.0964. The fourth-order valence-corrected chi connectivity index (χ4v) is 35.3. The average Bonchev–Trinajstić information content (AvgIpc) is 1.33. The van der Waals surface area contributed by atoms with Crippen LogP contribution in [0.1, 0.15) is 184 Å². The van der Waals surface area contributed by atoms with E-state index in [-0.39, 0.29) is 58.3 Å². The highest BCUT2D eigenvalue weighted by molar-refractivity contribution is 6.76. The number of benzene rings is 15. The van der Waals surface area contributed by atoms with Gasteiger partial charge in [0.2, 0.25) is 0 Å². The molecule has 42 rings (SSSR count). The van der Waals surface area contributed by atoms with Crippen LogP contribution in [0.3, 0.4) is 0 Å². The summed E-state index contributed by atoms with van der Waals surface area (Å²) in [5, 5.41) is 38.5. The Balaban J connectivity index is 0.795. The second-order valence-corrected chi connectivity index (χ2v) is 42.4. The minimum Gasteiger partial charge on any atom is -0.465 e. The van der Waals surface area contributed by atoms with Gasteiger partial charge in [0.1, 0.15) is 36.6 Å². The molecule has 3 fully saturated rings. The van der Waals surface area contributed by atoms with E-state index in [1.807, 2.05) is 62.3 Å². The lowest BCUT2D eigenvalue weighted by Crippen LogP contribution is -2.40. The Bertz CT molecular complexity index is 8480. The molecular weight excluding hydrogens is 1510 g/mol. The van der Waals surface area contributed by atoms with Crippen LogP contribution in [0.4, 0.5) is 0 Å². The normalized spacial score (nSPS) is 28.8. The maximum Gasteiger partial charge on any atom is 0.326 e. The van der Waals surface area contributed by atoms with Crippen molar-refractivity contribution in [1.82, 2.24) is 0 Å². The lowest BCUT2D eigenvalue weighted by molar-refractivity contribution is -0.169. The van der Waals surface area contributed by atoms with Crippen molar-refractivity contribution in [3.8, 4) is 33.4 Å². The molecular formula is C102H54O18. The summed E-state index contributed by atoms with van der Waals surface area (Å²) < 4.78 is 61.5. The highest BCUT2D eigenvalue weighted by Crippen LogP contribution is 3.07. The first kappa shape index (κ1) is 59.2. The summed E-state index contributed by atoms with van der Waals surface area (Å²) in [5.74, 6) is -6.16. The first-order chi connectivity index (χ1) is 57.8. The third-order valence-electron chi connectivity index (χ3n) is 35.7. The van der Waals surface area contributed by atoms with Crippen molar-refractivity contribution in [1.29, 1.82) is 0 Å². The average molecular weight is 1570 g/mol. The molecule has 0 saturated heterocycles. The molecule has 120 heavy (non-hydrogen) atoms. The van der Waals surface area contributed by atoms with E-state index in [4.69, 9.17) is 42.6 Å². The molecule has 0 aromatic heterocycles. The number of hydrogen-bond acceptors (Lipinski definition) is 18. The first-order valence-corrected chi connectivity index (χ1v) is 42.9. The van der Waals surface area contributed by atoms with Gasteiger partial charge in [-0.25, -0.2) is 0 Å². The molecule has 18 nitrogen and oxygen atoms in total. The zero-order valence-electron chi connectivity index (χ0n) is 65.6. The van der Waals surface area contributed by atoms with Crippen molar-refractivity contribution in [2.45, 2.75) is 170 Å². The van der Waals surface area contributed by atoms with Crippen molar-refractivity contribution in [3.63, 3.8) is 0 Å². The van der Waals surface area contributed by atoms with Gasteiger partial charge < -0.3 is 42.6 Å². The second-order valence-electron chi connectivity index (χ2n) is 42.4. The van der Waals surface area contributed by atoms with Crippen LogP contribution < -0.4 is 0 Å². The maximum absolute atomic E-state index is 18.6. The van der Waals surface area contributed by atoms with E-state index in [0.29, 0.717) is 33.4 Å². The molecule has 0 radical (unpaired) electrons. The van der Waals surface area contributed by atoms with Gasteiger partial charge in [0, 0.05) is 19.3 Å². The molecule has 9 atom stereocenters. The molecule has 18 heteroatoms. The van der Waals surface area contributed by atoms with Crippen LogP contribution >= 0.6 is 0 Å². The monoisotopic (exact) mass is 1570 g/mol. The van der Waals surface area contributed by atoms with Crippen molar-refractivity contribution < 1.29 is 85.8 Å². The van der Waals surface area contributed by atoms with Crippen LogP contribution in [-0.2, 0) is 138 Å². The fraction of sp³-hybridized carbons (Fsp3) is 0.324. The maximum atomic E-state index is 18.6. The lowest BCUT2D eigenvalue weighted by Gasteiger charge is -2.35. The summed E-state index contributed by atoms with van der Waals surface area (Å²) in [6, 6.07) is 5.37. The molecule has 3 saturated carbocycles. The largest absolute Gasteiger partial charge is 0.465 e. The molecule has 570 valence electrons. The number of hydrogen-bond donors (Lipinski definition) is 0. The van der Waals surface area contributed by atoms with Gasteiger partial charge in [0.15, 0.2) is 16.2 Å². The van der Waals surface area contributed by atoms with Crippen LogP contribution in [0, 0.1) is 16.2 Å². The van der Waals surface area contributed by atoms with Gasteiger partial charge in [-0.05, 0) is 411 Å². The highest BCUT2D eigenvalue weighted by Gasteiger charge is 3.10. The Morgan fingerprint density at radius 1 is 0.267 bits per heavy atom. The predicted octanol–water partition coefficient (Wildman–Crippen LogP) is 17.1. The standard InChI is InChI=1S/C102H54O18/c1-91(2,3)118-28(103)13-10-16-112-85(106)100-88(109)115-22-25-19-26-21-27(20-25)24-117-90(111)102(87(108)114-18-12-15-30(105)120-93(7,8)9)96-75-57-48-39-33-35-31-34-32-36(33)42-47-38(32)43-49-40(34)46-37(31)44-50(41(35)48)59(75)65-52(44)61-55(46)73-58(49)64-53(43)62-56(47)74-60-51(42)45(39)54-63(57)78(96)69-72-83-70-67(80(65)98(83,96)102)76(61)94(73,100)97(100)79(64)68-71(82(70)97)84(72)99(81(69)66(54)60)95(74,77(62)68)101(99,89(110)116-23-26)86(107)113-17-11-14-29(104)119-92(4,5)6/h19-21H,10-18,22-24H2,1-9H3. The molecule has 6 spiro atoms. The third-order valence-corrected chi connectivity index (χ3v) is 35.7. The van der Waals surface area contributed by atoms with Crippen molar-refractivity contribution in [2.75, 3.05) is 19.8 Å². The van der Waals surface area contributed by atoms with E-state index in [2.05, 4.69) is 0 Å². The summed E-state index contributed by atoms with van der Waals surface area (Å²) >= 11 is 0. The molecule has 21 aromatic carbocycles. The Morgan fingerprint density at radius 3 is 0.650 bits per heavy atom. The van der Waals surface area contributed by atoms with Crippen molar-refractivity contribution in [3.05, 3.63) is 102 Å². The molecule has 0 N–H and O–H groups in total.